The van der Waals surface area contributed by atoms with Gasteiger partial charge in [-0.3, -0.25) is 4.79 Å². The molecule has 0 bridgehead atoms. The molecule has 33 heavy (non-hydrogen) atoms. The summed E-state index contributed by atoms with van der Waals surface area (Å²) in [5.74, 6) is 0.317. The van der Waals surface area contributed by atoms with E-state index < -0.39 is 0 Å². The van der Waals surface area contributed by atoms with Crippen LogP contribution in [0.3, 0.4) is 0 Å². The highest BCUT2D eigenvalue weighted by Crippen LogP contribution is 2.50. The zero-order chi connectivity index (χ0) is 23.2. The number of carbonyl (C=O) groups excluding carboxylic acids is 1. The van der Waals surface area contributed by atoms with E-state index in [1.54, 1.807) is 0 Å². The average molecular weight is 521 g/mol. The van der Waals surface area contributed by atoms with Crippen LogP contribution in [-0.4, -0.2) is 22.2 Å². The fraction of sp³-hybridized carbons (Fsp3) is 0.259. The lowest BCUT2D eigenvalue weighted by Gasteiger charge is -2.51. The van der Waals surface area contributed by atoms with Crippen molar-refractivity contribution in [1.82, 2.24) is 4.98 Å². The van der Waals surface area contributed by atoms with Gasteiger partial charge in [-0.25, -0.2) is 4.98 Å². The Morgan fingerprint density at radius 3 is 2.48 bits per heavy atom. The second-order valence-corrected chi connectivity index (χ2v) is 11.2. The molecule has 1 amide bonds. The molecule has 1 aliphatic heterocycles. The van der Waals surface area contributed by atoms with Gasteiger partial charge < -0.3 is 9.32 Å². The number of hydrogen-bond donors (Lipinski definition) is 0. The predicted molar refractivity (Wildman–Crippen MR) is 138 cm³/mol. The smallest absolute Gasteiger partial charge is 0.257 e. The summed E-state index contributed by atoms with van der Waals surface area (Å²) in [7, 11) is 0. The molecule has 6 heteroatoms. The van der Waals surface area contributed by atoms with Gasteiger partial charge >= 0.3 is 0 Å². The minimum absolute atomic E-state index is 0.0533. The van der Waals surface area contributed by atoms with Crippen molar-refractivity contribution < 1.29 is 9.21 Å². The predicted octanol–water partition coefficient (Wildman–Crippen LogP) is 7.20. The number of halogens is 1. The first-order valence-corrected chi connectivity index (χ1v) is 12.7. The van der Waals surface area contributed by atoms with Gasteiger partial charge in [0.05, 0.1) is 5.75 Å². The number of oxazole rings is 1. The number of carbonyl (C=O) groups is 1. The Balaban J connectivity index is 1.47. The first-order valence-electron chi connectivity index (χ1n) is 10.9. The molecule has 1 aromatic heterocycles. The molecule has 1 aliphatic rings. The third-order valence-corrected chi connectivity index (χ3v) is 7.80. The van der Waals surface area contributed by atoms with Gasteiger partial charge in [-0.1, -0.05) is 77.1 Å². The Morgan fingerprint density at radius 1 is 1.03 bits per heavy atom. The number of para-hydroxylation sites is 3. The van der Waals surface area contributed by atoms with Crippen molar-refractivity contribution in [2.24, 2.45) is 0 Å². The highest BCUT2D eigenvalue weighted by Gasteiger charge is 2.47. The molecule has 0 radical (unpaired) electrons. The number of anilines is 1. The quantitative estimate of drug-likeness (QED) is 0.267. The maximum atomic E-state index is 13.6. The van der Waals surface area contributed by atoms with Gasteiger partial charge in [-0.15, -0.1) is 0 Å². The number of nitrogens with zero attached hydrogens (tertiary/aromatic N) is 2. The van der Waals surface area contributed by atoms with Crippen LogP contribution in [-0.2, 0) is 10.2 Å². The molecule has 0 aliphatic carbocycles. The van der Waals surface area contributed by atoms with Gasteiger partial charge in [0.2, 0.25) is 5.91 Å². The maximum absolute atomic E-state index is 13.6. The van der Waals surface area contributed by atoms with Crippen LogP contribution in [0.2, 0.25) is 0 Å². The summed E-state index contributed by atoms with van der Waals surface area (Å²) in [5, 5.41) is 0.521. The molecule has 2 heterocycles. The van der Waals surface area contributed by atoms with Gasteiger partial charge in [-0.2, -0.15) is 0 Å². The largest absolute Gasteiger partial charge is 0.431 e. The number of amides is 1. The van der Waals surface area contributed by atoms with Crippen molar-refractivity contribution >= 4 is 50.4 Å². The van der Waals surface area contributed by atoms with E-state index in [1.807, 2.05) is 35.2 Å². The summed E-state index contributed by atoms with van der Waals surface area (Å²) in [5.41, 5.74) is 4.37. The molecule has 4 aromatic rings. The zero-order valence-corrected chi connectivity index (χ0v) is 21.2. The molecular formula is C27H25BrN2O2S. The fourth-order valence-corrected chi connectivity index (χ4v) is 6.10. The first-order chi connectivity index (χ1) is 15.8. The standard InChI is InChI=1S/C27H25BrN2O2S/c1-26(2)17-27(3,18-12-14-19(28)15-13-18)20-8-4-6-10-22(20)30(26)24(31)16-33-25-29-21-9-5-7-11-23(21)32-25/h4-15H,16-17H2,1-3H3/t27-/m0/s1. The lowest BCUT2D eigenvalue weighted by molar-refractivity contribution is -0.117. The third kappa shape index (κ3) is 4.00. The SMILES string of the molecule is CC1(C)C[C@@](C)(c2ccc(Br)cc2)c2ccccc2N1C(=O)CSc1nc2ccccc2o1. The van der Waals surface area contributed by atoms with Crippen LogP contribution in [0.1, 0.15) is 38.3 Å². The monoisotopic (exact) mass is 520 g/mol. The van der Waals surface area contributed by atoms with E-state index in [0.717, 1.165) is 27.7 Å². The lowest BCUT2D eigenvalue weighted by Crippen LogP contribution is -2.56. The number of thioether (sulfide) groups is 1. The molecule has 1 atom stereocenters. The fourth-order valence-electron chi connectivity index (χ4n) is 5.15. The topological polar surface area (TPSA) is 46.3 Å². The molecule has 0 spiro atoms. The van der Waals surface area contributed by atoms with Crippen LogP contribution in [0.15, 0.2) is 86.9 Å². The van der Waals surface area contributed by atoms with E-state index in [-0.39, 0.29) is 22.6 Å². The summed E-state index contributed by atoms with van der Waals surface area (Å²) in [4.78, 5) is 20.1. The van der Waals surface area contributed by atoms with Gasteiger partial charge in [0.25, 0.3) is 5.22 Å². The Kier molecular flexibility index (Phi) is 5.61. The second kappa shape index (κ2) is 8.33. The molecule has 4 nitrogen and oxygen atoms in total. The van der Waals surface area contributed by atoms with E-state index in [1.165, 1.54) is 22.9 Å². The second-order valence-electron chi connectivity index (χ2n) is 9.31. The summed E-state index contributed by atoms with van der Waals surface area (Å²) < 4.78 is 6.87. The highest BCUT2D eigenvalue weighted by molar-refractivity contribution is 9.10. The van der Waals surface area contributed by atoms with Crippen LogP contribution in [0.4, 0.5) is 5.69 Å². The van der Waals surface area contributed by atoms with Crippen molar-refractivity contribution in [3.8, 4) is 0 Å². The lowest BCUT2D eigenvalue weighted by atomic mass is 9.65. The van der Waals surface area contributed by atoms with Gasteiger partial charge in [0.15, 0.2) is 5.58 Å². The third-order valence-electron chi connectivity index (χ3n) is 6.46. The number of aromatic nitrogens is 1. The molecule has 5 rings (SSSR count). The molecule has 0 unspecified atom stereocenters. The average Bonchev–Trinajstić information content (AvgIpc) is 3.20. The zero-order valence-electron chi connectivity index (χ0n) is 18.8. The van der Waals surface area contributed by atoms with Gasteiger partial charge in [-0.05, 0) is 61.7 Å². The summed E-state index contributed by atoms with van der Waals surface area (Å²) in [6.07, 6.45) is 0.817. The van der Waals surface area contributed by atoms with E-state index in [9.17, 15) is 4.79 Å². The Hall–Kier alpha value is -2.57. The van der Waals surface area contributed by atoms with Crippen molar-refractivity contribution in [2.45, 2.75) is 43.4 Å². The minimum Gasteiger partial charge on any atom is -0.431 e. The molecule has 0 N–H and O–H groups in total. The number of rotatable bonds is 4. The Labute approximate surface area is 206 Å². The van der Waals surface area contributed by atoms with Crippen LogP contribution < -0.4 is 4.90 Å². The maximum Gasteiger partial charge on any atom is 0.257 e. The number of fused-ring (bicyclic) bond motifs is 2. The van der Waals surface area contributed by atoms with Crippen LogP contribution >= 0.6 is 27.7 Å². The molecule has 168 valence electrons. The number of hydrogen-bond acceptors (Lipinski definition) is 4. The van der Waals surface area contributed by atoms with E-state index >= 15 is 0 Å². The normalized spacial score (nSPS) is 19.5. The summed E-state index contributed by atoms with van der Waals surface area (Å²) in [6, 6.07) is 24.5. The van der Waals surface area contributed by atoms with Crippen molar-refractivity contribution in [3.63, 3.8) is 0 Å². The van der Waals surface area contributed by atoms with Crippen LogP contribution in [0.25, 0.3) is 11.1 Å². The molecule has 3 aromatic carbocycles. The van der Waals surface area contributed by atoms with Crippen molar-refractivity contribution in [2.75, 3.05) is 10.7 Å². The van der Waals surface area contributed by atoms with Crippen molar-refractivity contribution in [3.05, 3.63) is 88.4 Å². The van der Waals surface area contributed by atoms with Crippen LogP contribution in [0.5, 0.6) is 0 Å². The highest BCUT2D eigenvalue weighted by atomic mass is 79.9. The molecule has 0 saturated carbocycles. The molecular weight excluding hydrogens is 496 g/mol. The van der Waals surface area contributed by atoms with Gasteiger partial charge in [0.1, 0.15) is 5.52 Å². The van der Waals surface area contributed by atoms with Crippen LogP contribution in [0, 0.1) is 0 Å². The van der Waals surface area contributed by atoms with E-state index in [4.69, 9.17) is 4.42 Å². The summed E-state index contributed by atoms with van der Waals surface area (Å²) in [6.45, 7) is 6.59. The van der Waals surface area contributed by atoms with Crippen molar-refractivity contribution in [1.29, 1.82) is 0 Å². The summed E-state index contributed by atoms with van der Waals surface area (Å²) >= 11 is 4.90. The van der Waals surface area contributed by atoms with E-state index in [2.05, 4.69) is 84.1 Å². The van der Waals surface area contributed by atoms with Gasteiger partial charge in [0, 0.05) is 21.1 Å². The minimum atomic E-state index is -0.366. The molecule has 0 saturated heterocycles. The Bertz CT molecular complexity index is 1300. The first kappa shape index (κ1) is 22.2. The van der Waals surface area contributed by atoms with E-state index in [0.29, 0.717) is 5.22 Å². The molecule has 0 fully saturated rings. The number of benzene rings is 3. The Morgan fingerprint density at radius 2 is 1.73 bits per heavy atom.